The third-order valence-electron chi connectivity index (χ3n) is 5.03. The first-order valence-corrected chi connectivity index (χ1v) is 10.6. The zero-order chi connectivity index (χ0) is 22.0. The molecule has 0 bridgehead atoms. The molecule has 1 N–H and O–H groups in total. The highest BCUT2D eigenvalue weighted by molar-refractivity contribution is 9.10. The number of carbonyl (C=O) groups is 2. The molecule has 158 valence electrons. The molecule has 1 heterocycles. The lowest BCUT2D eigenvalue weighted by atomic mass is 9.89. The van der Waals surface area contributed by atoms with E-state index in [9.17, 15) is 14.0 Å². The fraction of sp³-hybridized carbons (Fsp3) is 0.167. The summed E-state index contributed by atoms with van der Waals surface area (Å²) in [6.07, 6.45) is -0.829. The number of ether oxygens (including phenoxy) is 1. The molecule has 0 spiro atoms. The second-order valence-electron chi connectivity index (χ2n) is 7.32. The summed E-state index contributed by atoms with van der Waals surface area (Å²) in [5, 5.41) is 2.75. The molecular formula is C24H20BrFN2O3. The fourth-order valence-corrected chi connectivity index (χ4v) is 4.09. The second-order valence-corrected chi connectivity index (χ2v) is 8.23. The number of nitrogens with one attached hydrogen (secondary N) is 1. The molecule has 0 radical (unpaired) electrons. The zero-order valence-corrected chi connectivity index (χ0v) is 18.3. The smallest absolute Gasteiger partial charge is 0.267 e. The molecule has 1 aliphatic heterocycles. The van der Waals surface area contributed by atoms with Crippen LogP contribution < -0.4 is 10.1 Å². The van der Waals surface area contributed by atoms with Gasteiger partial charge < -0.3 is 15.0 Å². The SMILES string of the molecule is CC(=O)Nc1cccc(CN2C(=O)[C@@H](Oc3ccccc3F)[C@@H]2c2cccc(Br)c2)c1. The van der Waals surface area contributed by atoms with Gasteiger partial charge in [-0.2, -0.15) is 0 Å². The van der Waals surface area contributed by atoms with Crippen molar-refractivity contribution in [1.29, 1.82) is 0 Å². The second kappa shape index (κ2) is 8.89. The van der Waals surface area contributed by atoms with Gasteiger partial charge in [0.2, 0.25) is 12.0 Å². The van der Waals surface area contributed by atoms with Gasteiger partial charge in [0.25, 0.3) is 5.91 Å². The first kappa shape index (κ1) is 21.1. The van der Waals surface area contributed by atoms with E-state index in [1.807, 2.05) is 42.5 Å². The molecule has 5 nitrogen and oxygen atoms in total. The summed E-state index contributed by atoms with van der Waals surface area (Å²) < 4.78 is 20.8. The molecular weight excluding hydrogens is 463 g/mol. The molecule has 31 heavy (non-hydrogen) atoms. The van der Waals surface area contributed by atoms with E-state index in [1.54, 1.807) is 23.1 Å². The van der Waals surface area contributed by atoms with Crippen LogP contribution in [0.5, 0.6) is 5.75 Å². The number of likely N-dealkylation sites (tertiary alicyclic amines) is 1. The number of carbonyl (C=O) groups excluding carboxylic acids is 2. The highest BCUT2D eigenvalue weighted by Gasteiger charge is 2.50. The number of halogens is 2. The fourth-order valence-electron chi connectivity index (χ4n) is 3.68. The lowest BCUT2D eigenvalue weighted by Gasteiger charge is -2.47. The number of anilines is 1. The van der Waals surface area contributed by atoms with Crippen molar-refractivity contribution >= 4 is 33.4 Å². The Balaban J connectivity index is 1.62. The van der Waals surface area contributed by atoms with Crippen molar-refractivity contribution in [3.05, 3.63) is 94.2 Å². The van der Waals surface area contributed by atoms with Crippen LogP contribution in [0.2, 0.25) is 0 Å². The normalized spacial score (nSPS) is 17.8. The topological polar surface area (TPSA) is 58.6 Å². The third-order valence-corrected chi connectivity index (χ3v) is 5.52. The lowest BCUT2D eigenvalue weighted by molar-refractivity contribution is -0.165. The van der Waals surface area contributed by atoms with Gasteiger partial charge in [-0.05, 0) is 47.5 Å². The van der Waals surface area contributed by atoms with Gasteiger partial charge in [-0.15, -0.1) is 0 Å². The summed E-state index contributed by atoms with van der Waals surface area (Å²) in [6, 6.07) is 20.6. The van der Waals surface area contributed by atoms with Crippen LogP contribution in [0.3, 0.4) is 0 Å². The number of hydrogen-bond acceptors (Lipinski definition) is 3. The van der Waals surface area contributed by atoms with E-state index in [0.29, 0.717) is 12.2 Å². The lowest BCUT2D eigenvalue weighted by Crippen LogP contribution is -2.60. The van der Waals surface area contributed by atoms with Crippen molar-refractivity contribution in [1.82, 2.24) is 4.90 Å². The van der Waals surface area contributed by atoms with E-state index >= 15 is 0 Å². The van der Waals surface area contributed by atoms with Crippen molar-refractivity contribution in [2.45, 2.75) is 25.6 Å². The average molecular weight is 483 g/mol. The zero-order valence-electron chi connectivity index (χ0n) is 16.7. The van der Waals surface area contributed by atoms with E-state index in [2.05, 4.69) is 21.2 Å². The predicted molar refractivity (Wildman–Crippen MR) is 119 cm³/mol. The number of amides is 2. The molecule has 0 aromatic heterocycles. The van der Waals surface area contributed by atoms with Gasteiger partial charge in [0.1, 0.15) is 6.04 Å². The number of rotatable bonds is 6. The van der Waals surface area contributed by atoms with Crippen molar-refractivity contribution in [3.63, 3.8) is 0 Å². The van der Waals surface area contributed by atoms with Gasteiger partial charge in [0.05, 0.1) is 0 Å². The van der Waals surface area contributed by atoms with E-state index in [0.717, 1.165) is 15.6 Å². The Morgan fingerprint density at radius 3 is 2.61 bits per heavy atom. The highest BCUT2D eigenvalue weighted by atomic mass is 79.9. The van der Waals surface area contributed by atoms with Crippen LogP contribution in [0.15, 0.2) is 77.3 Å². The molecule has 1 aliphatic rings. The molecule has 1 fully saturated rings. The van der Waals surface area contributed by atoms with Gasteiger partial charge in [-0.1, -0.05) is 52.3 Å². The molecule has 2 atom stereocenters. The standard InChI is InChI=1S/C24H20BrFN2O3/c1-15(29)27-19-9-4-6-16(12-19)14-28-22(17-7-5-8-18(25)13-17)23(24(28)30)31-21-11-3-2-10-20(21)26/h2-13,22-23H,14H2,1H3,(H,27,29)/t22-,23-/m0/s1. The number of β-lactam (4-membered cyclic amide) rings is 1. The van der Waals surface area contributed by atoms with Crippen molar-refractivity contribution in [2.24, 2.45) is 0 Å². The first-order valence-electron chi connectivity index (χ1n) is 9.76. The maximum atomic E-state index is 14.1. The number of para-hydroxylation sites is 1. The van der Waals surface area contributed by atoms with Crippen molar-refractivity contribution < 1.29 is 18.7 Å². The van der Waals surface area contributed by atoms with Crippen LogP contribution in [-0.2, 0) is 16.1 Å². The Hall–Kier alpha value is -3.19. The maximum absolute atomic E-state index is 14.1. The molecule has 3 aromatic rings. The van der Waals surface area contributed by atoms with Gasteiger partial charge in [-0.3, -0.25) is 9.59 Å². The van der Waals surface area contributed by atoms with E-state index in [-0.39, 0.29) is 23.6 Å². The third kappa shape index (κ3) is 4.61. The van der Waals surface area contributed by atoms with E-state index in [1.165, 1.54) is 19.1 Å². The summed E-state index contributed by atoms with van der Waals surface area (Å²) in [4.78, 5) is 26.1. The molecule has 3 aromatic carbocycles. The number of nitrogens with zero attached hydrogens (tertiary/aromatic N) is 1. The highest BCUT2D eigenvalue weighted by Crippen LogP contribution is 2.40. The molecule has 2 amide bonds. The molecule has 4 rings (SSSR count). The van der Waals surface area contributed by atoms with E-state index < -0.39 is 11.9 Å². The van der Waals surface area contributed by atoms with Crippen LogP contribution >= 0.6 is 15.9 Å². The predicted octanol–water partition coefficient (Wildman–Crippen LogP) is 5.08. The summed E-state index contributed by atoms with van der Waals surface area (Å²) in [5.74, 6) is -0.849. The van der Waals surface area contributed by atoms with Crippen LogP contribution in [-0.4, -0.2) is 22.8 Å². The largest absolute Gasteiger partial charge is 0.475 e. The van der Waals surface area contributed by atoms with Gasteiger partial charge in [-0.25, -0.2) is 4.39 Å². The monoisotopic (exact) mass is 482 g/mol. The van der Waals surface area contributed by atoms with Crippen LogP contribution in [0.1, 0.15) is 24.1 Å². The Bertz CT molecular complexity index is 1140. The van der Waals surface area contributed by atoms with Gasteiger partial charge >= 0.3 is 0 Å². The molecule has 1 saturated heterocycles. The number of hydrogen-bond donors (Lipinski definition) is 1. The Morgan fingerprint density at radius 2 is 1.87 bits per heavy atom. The Morgan fingerprint density at radius 1 is 1.10 bits per heavy atom. The summed E-state index contributed by atoms with van der Waals surface area (Å²) in [7, 11) is 0. The number of benzene rings is 3. The first-order chi connectivity index (χ1) is 14.9. The van der Waals surface area contributed by atoms with Gasteiger partial charge in [0, 0.05) is 23.6 Å². The minimum Gasteiger partial charge on any atom is -0.475 e. The van der Waals surface area contributed by atoms with Crippen LogP contribution in [0.4, 0.5) is 10.1 Å². The molecule has 7 heteroatoms. The summed E-state index contributed by atoms with van der Waals surface area (Å²) in [5.41, 5.74) is 2.41. The van der Waals surface area contributed by atoms with Crippen LogP contribution in [0, 0.1) is 5.82 Å². The average Bonchev–Trinajstić information content (AvgIpc) is 2.73. The maximum Gasteiger partial charge on any atom is 0.267 e. The minimum absolute atomic E-state index is 0.0492. The van der Waals surface area contributed by atoms with Gasteiger partial charge in [0.15, 0.2) is 11.6 Å². The molecule has 0 saturated carbocycles. The summed E-state index contributed by atoms with van der Waals surface area (Å²) in [6.45, 7) is 1.78. The molecule has 0 aliphatic carbocycles. The summed E-state index contributed by atoms with van der Waals surface area (Å²) >= 11 is 3.47. The van der Waals surface area contributed by atoms with Crippen LogP contribution in [0.25, 0.3) is 0 Å². The van der Waals surface area contributed by atoms with E-state index in [4.69, 9.17) is 4.74 Å². The molecule has 0 unspecified atom stereocenters. The quantitative estimate of drug-likeness (QED) is 0.498. The minimum atomic E-state index is -0.829. The Kier molecular flexibility index (Phi) is 6.04. The van der Waals surface area contributed by atoms with Crippen molar-refractivity contribution in [2.75, 3.05) is 5.32 Å². The Labute approximate surface area is 188 Å². The van der Waals surface area contributed by atoms with Crippen molar-refractivity contribution in [3.8, 4) is 5.75 Å².